The number of nitrogens with one attached hydrogen (secondary N) is 1. The average molecular weight is 249 g/mol. The van der Waals surface area contributed by atoms with E-state index >= 15 is 0 Å². The molecule has 2 aliphatic rings. The molecule has 1 saturated heterocycles. The molecular formula is C14H23N3O. The van der Waals surface area contributed by atoms with Gasteiger partial charge in [-0.25, -0.2) is 0 Å². The van der Waals surface area contributed by atoms with Crippen LogP contribution in [-0.4, -0.2) is 23.4 Å². The molecule has 0 bridgehead atoms. The van der Waals surface area contributed by atoms with E-state index in [4.69, 9.17) is 4.74 Å². The zero-order valence-corrected chi connectivity index (χ0v) is 11.4. The Kier molecular flexibility index (Phi) is 3.06. The minimum Gasteiger partial charge on any atom is -0.493 e. The lowest BCUT2D eigenvalue weighted by Gasteiger charge is -2.35. The Balaban J connectivity index is 2.04. The molecule has 1 unspecified atom stereocenters. The van der Waals surface area contributed by atoms with Gasteiger partial charge in [0.25, 0.3) is 0 Å². The highest BCUT2D eigenvalue weighted by Gasteiger charge is 2.49. The maximum Gasteiger partial charge on any atom is 0.161 e. The molecule has 0 amide bonds. The van der Waals surface area contributed by atoms with Crippen LogP contribution in [0.5, 0.6) is 5.75 Å². The van der Waals surface area contributed by atoms with E-state index < -0.39 is 0 Å². The smallest absolute Gasteiger partial charge is 0.161 e. The monoisotopic (exact) mass is 249 g/mol. The molecule has 1 aromatic heterocycles. The minimum atomic E-state index is 0.104. The third-order valence-electron chi connectivity index (χ3n) is 4.51. The molecule has 100 valence electrons. The number of hydrogen-bond donors (Lipinski definition) is 1. The summed E-state index contributed by atoms with van der Waals surface area (Å²) < 4.78 is 7.55. The predicted molar refractivity (Wildman–Crippen MR) is 70.6 cm³/mol. The van der Waals surface area contributed by atoms with Crippen LogP contribution in [0.1, 0.15) is 44.2 Å². The van der Waals surface area contributed by atoms with Gasteiger partial charge in [0.15, 0.2) is 5.75 Å². The Bertz CT molecular complexity index is 415. The Morgan fingerprint density at radius 2 is 2.22 bits per heavy atom. The molecule has 4 heteroatoms. The van der Waals surface area contributed by atoms with E-state index in [0.717, 1.165) is 18.2 Å². The fraction of sp³-hybridized carbons (Fsp3) is 0.786. The van der Waals surface area contributed by atoms with Crippen LogP contribution < -0.4 is 10.1 Å². The van der Waals surface area contributed by atoms with Crippen molar-refractivity contribution < 1.29 is 4.74 Å². The lowest BCUT2D eigenvalue weighted by atomic mass is 9.84. The van der Waals surface area contributed by atoms with E-state index in [1.165, 1.54) is 44.2 Å². The van der Waals surface area contributed by atoms with Crippen LogP contribution in [0.25, 0.3) is 0 Å². The van der Waals surface area contributed by atoms with E-state index in [-0.39, 0.29) is 5.54 Å². The molecule has 2 heterocycles. The number of aromatic nitrogens is 2. The molecule has 0 spiro atoms. The number of methoxy groups -OCH3 is 1. The van der Waals surface area contributed by atoms with Crippen molar-refractivity contribution >= 4 is 0 Å². The largest absolute Gasteiger partial charge is 0.493 e. The summed E-state index contributed by atoms with van der Waals surface area (Å²) in [6.07, 6.45) is 9.66. The molecular weight excluding hydrogens is 226 g/mol. The van der Waals surface area contributed by atoms with Crippen LogP contribution >= 0.6 is 0 Å². The van der Waals surface area contributed by atoms with E-state index in [9.17, 15) is 0 Å². The number of nitrogens with zero attached hydrogens (tertiary/aromatic N) is 2. The first-order valence-electron chi connectivity index (χ1n) is 7.09. The van der Waals surface area contributed by atoms with Gasteiger partial charge in [-0.15, -0.1) is 0 Å². The Hall–Kier alpha value is -1.03. The van der Waals surface area contributed by atoms with Crippen molar-refractivity contribution in [3.05, 3.63) is 11.9 Å². The third-order valence-corrected chi connectivity index (χ3v) is 4.51. The number of ether oxygens (including phenoxy) is 1. The molecule has 18 heavy (non-hydrogen) atoms. The molecule has 0 aromatic carbocycles. The van der Waals surface area contributed by atoms with E-state index in [1.54, 1.807) is 7.11 Å². The van der Waals surface area contributed by atoms with Crippen LogP contribution in [0.2, 0.25) is 0 Å². The zero-order valence-electron chi connectivity index (χ0n) is 11.4. The van der Waals surface area contributed by atoms with Gasteiger partial charge in [-0.1, -0.05) is 12.8 Å². The SMILES string of the molecule is COc1cnn(C)c1C1(C2CC2)CCCCCN1. The maximum atomic E-state index is 5.54. The molecule has 1 saturated carbocycles. The molecule has 1 aliphatic heterocycles. The number of aryl methyl sites for hydroxylation is 1. The second-order valence-electron chi connectivity index (χ2n) is 5.67. The van der Waals surface area contributed by atoms with Gasteiger partial charge in [-0.05, 0) is 38.1 Å². The third kappa shape index (κ3) is 1.83. The van der Waals surface area contributed by atoms with E-state index in [0.29, 0.717) is 0 Å². The second kappa shape index (κ2) is 4.57. The van der Waals surface area contributed by atoms with Gasteiger partial charge >= 0.3 is 0 Å². The predicted octanol–water partition coefficient (Wildman–Crippen LogP) is 2.20. The second-order valence-corrected chi connectivity index (χ2v) is 5.67. The summed E-state index contributed by atoms with van der Waals surface area (Å²) in [4.78, 5) is 0. The summed E-state index contributed by atoms with van der Waals surface area (Å²) in [5.41, 5.74) is 1.36. The van der Waals surface area contributed by atoms with Gasteiger partial charge in [0.05, 0.1) is 18.8 Å². The first kappa shape index (κ1) is 12.0. The van der Waals surface area contributed by atoms with Crippen molar-refractivity contribution in [1.29, 1.82) is 0 Å². The topological polar surface area (TPSA) is 39.1 Å². The van der Waals surface area contributed by atoms with Crippen molar-refractivity contribution in [3.63, 3.8) is 0 Å². The van der Waals surface area contributed by atoms with Crippen LogP contribution in [0.4, 0.5) is 0 Å². The first-order chi connectivity index (χ1) is 8.78. The molecule has 2 fully saturated rings. The fourth-order valence-corrected chi connectivity index (χ4v) is 3.50. The van der Waals surface area contributed by atoms with E-state index in [1.807, 2.05) is 17.9 Å². The van der Waals surface area contributed by atoms with Gasteiger partial charge in [-0.3, -0.25) is 4.68 Å². The van der Waals surface area contributed by atoms with Gasteiger partial charge in [0.2, 0.25) is 0 Å². The molecule has 4 nitrogen and oxygen atoms in total. The fourth-order valence-electron chi connectivity index (χ4n) is 3.50. The van der Waals surface area contributed by atoms with Crippen LogP contribution in [-0.2, 0) is 12.6 Å². The lowest BCUT2D eigenvalue weighted by Crippen LogP contribution is -2.45. The first-order valence-corrected chi connectivity index (χ1v) is 7.09. The summed E-state index contributed by atoms with van der Waals surface area (Å²) in [7, 11) is 3.78. The maximum absolute atomic E-state index is 5.54. The molecule has 1 aliphatic carbocycles. The van der Waals surface area contributed by atoms with Crippen molar-refractivity contribution in [3.8, 4) is 5.75 Å². The van der Waals surface area contributed by atoms with Crippen molar-refractivity contribution in [2.45, 2.75) is 44.1 Å². The Morgan fingerprint density at radius 1 is 1.39 bits per heavy atom. The summed E-state index contributed by atoms with van der Waals surface area (Å²) >= 11 is 0. The van der Waals surface area contributed by atoms with Crippen molar-refractivity contribution in [2.75, 3.05) is 13.7 Å². The zero-order chi connectivity index (χ0) is 12.6. The highest BCUT2D eigenvalue weighted by molar-refractivity contribution is 5.34. The number of rotatable bonds is 3. The van der Waals surface area contributed by atoms with Crippen LogP contribution in [0.15, 0.2) is 6.20 Å². The standard InChI is InChI=1S/C14H23N3O/c1-17-13(12(18-2)10-16-17)14(11-6-7-11)8-4-3-5-9-15-14/h10-11,15H,3-9H2,1-2H3. The van der Waals surface area contributed by atoms with Gasteiger partial charge in [0, 0.05) is 7.05 Å². The number of hydrogen-bond acceptors (Lipinski definition) is 3. The summed E-state index contributed by atoms with van der Waals surface area (Å²) in [5, 5.41) is 8.23. The molecule has 1 atom stereocenters. The summed E-state index contributed by atoms with van der Waals surface area (Å²) in [5.74, 6) is 1.71. The molecule has 0 radical (unpaired) electrons. The van der Waals surface area contributed by atoms with E-state index in [2.05, 4.69) is 10.4 Å². The van der Waals surface area contributed by atoms with Crippen LogP contribution in [0.3, 0.4) is 0 Å². The summed E-state index contributed by atoms with van der Waals surface area (Å²) in [6.45, 7) is 1.12. The van der Waals surface area contributed by atoms with Gasteiger partial charge in [0.1, 0.15) is 5.69 Å². The van der Waals surface area contributed by atoms with Crippen molar-refractivity contribution in [1.82, 2.24) is 15.1 Å². The highest BCUT2D eigenvalue weighted by atomic mass is 16.5. The Morgan fingerprint density at radius 3 is 2.94 bits per heavy atom. The van der Waals surface area contributed by atoms with Gasteiger partial charge in [-0.2, -0.15) is 5.10 Å². The lowest BCUT2D eigenvalue weighted by molar-refractivity contribution is 0.249. The molecule has 1 aromatic rings. The normalized spacial score (nSPS) is 29.0. The molecule has 1 N–H and O–H groups in total. The quantitative estimate of drug-likeness (QED) is 0.892. The van der Waals surface area contributed by atoms with Crippen molar-refractivity contribution in [2.24, 2.45) is 13.0 Å². The highest BCUT2D eigenvalue weighted by Crippen LogP contribution is 2.51. The van der Waals surface area contributed by atoms with Crippen LogP contribution in [0, 0.1) is 5.92 Å². The van der Waals surface area contributed by atoms with Gasteiger partial charge < -0.3 is 10.1 Å². The minimum absolute atomic E-state index is 0.104. The molecule has 3 rings (SSSR count). The summed E-state index contributed by atoms with van der Waals surface area (Å²) in [6, 6.07) is 0. The Labute approximate surface area is 109 Å². The average Bonchev–Trinajstić information content (AvgIpc) is 3.17.